The standard InChI is InChI=1S/C16H11FO3/c17-13-8-5-12(6-9-13)15(18)10-7-11-3-1-2-4-14(11)16(19)20/h1-10H,(H,19,20)/b10-7+. The zero-order chi connectivity index (χ0) is 14.5. The zero-order valence-corrected chi connectivity index (χ0v) is 10.4. The largest absolute Gasteiger partial charge is 0.478 e. The van der Waals surface area contributed by atoms with Crippen LogP contribution in [0.25, 0.3) is 6.08 Å². The van der Waals surface area contributed by atoms with Crippen LogP contribution in [0.15, 0.2) is 54.6 Å². The highest BCUT2D eigenvalue weighted by molar-refractivity contribution is 6.07. The van der Waals surface area contributed by atoms with Crippen molar-refractivity contribution in [2.24, 2.45) is 0 Å². The summed E-state index contributed by atoms with van der Waals surface area (Å²) >= 11 is 0. The summed E-state index contributed by atoms with van der Waals surface area (Å²) < 4.78 is 12.7. The SMILES string of the molecule is O=C(/C=C/c1ccccc1C(=O)O)c1ccc(F)cc1. The first-order valence-electron chi connectivity index (χ1n) is 5.88. The average Bonchev–Trinajstić information content (AvgIpc) is 2.45. The lowest BCUT2D eigenvalue weighted by atomic mass is 10.1. The van der Waals surface area contributed by atoms with Crippen molar-refractivity contribution in [3.63, 3.8) is 0 Å². The molecule has 0 saturated carbocycles. The van der Waals surface area contributed by atoms with Crippen LogP contribution in [0.3, 0.4) is 0 Å². The second kappa shape index (κ2) is 5.93. The maximum atomic E-state index is 12.7. The maximum Gasteiger partial charge on any atom is 0.336 e. The molecule has 0 spiro atoms. The van der Waals surface area contributed by atoms with Crippen molar-refractivity contribution in [3.8, 4) is 0 Å². The van der Waals surface area contributed by atoms with Gasteiger partial charge >= 0.3 is 5.97 Å². The second-order valence-electron chi connectivity index (χ2n) is 4.10. The van der Waals surface area contributed by atoms with E-state index in [4.69, 9.17) is 5.11 Å². The minimum absolute atomic E-state index is 0.121. The summed E-state index contributed by atoms with van der Waals surface area (Å²) in [5, 5.41) is 9.02. The summed E-state index contributed by atoms with van der Waals surface area (Å²) in [5.41, 5.74) is 0.904. The van der Waals surface area contributed by atoms with E-state index in [0.29, 0.717) is 11.1 Å². The Morgan fingerprint density at radius 1 is 1.00 bits per heavy atom. The number of aromatic carboxylic acids is 1. The van der Waals surface area contributed by atoms with Crippen molar-refractivity contribution in [3.05, 3.63) is 77.1 Å². The van der Waals surface area contributed by atoms with Gasteiger partial charge in [-0.1, -0.05) is 24.3 Å². The molecule has 0 heterocycles. The van der Waals surface area contributed by atoms with E-state index in [2.05, 4.69) is 0 Å². The number of carbonyl (C=O) groups excluding carboxylic acids is 1. The molecule has 0 fully saturated rings. The van der Waals surface area contributed by atoms with Crippen molar-refractivity contribution in [2.45, 2.75) is 0 Å². The van der Waals surface area contributed by atoms with Gasteiger partial charge in [-0.25, -0.2) is 9.18 Å². The number of hydrogen-bond acceptors (Lipinski definition) is 2. The van der Waals surface area contributed by atoms with Gasteiger partial charge in [-0.2, -0.15) is 0 Å². The van der Waals surface area contributed by atoms with Crippen molar-refractivity contribution >= 4 is 17.8 Å². The molecule has 3 nitrogen and oxygen atoms in total. The molecule has 100 valence electrons. The fraction of sp³-hybridized carbons (Fsp3) is 0. The molecule has 20 heavy (non-hydrogen) atoms. The highest BCUT2D eigenvalue weighted by atomic mass is 19.1. The molecule has 0 aliphatic carbocycles. The van der Waals surface area contributed by atoms with Crippen LogP contribution < -0.4 is 0 Å². The molecule has 0 unspecified atom stereocenters. The maximum absolute atomic E-state index is 12.7. The quantitative estimate of drug-likeness (QED) is 0.684. The third-order valence-electron chi connectivity index (χ3n) is 2.73. The van der Waals surface area contributed by atoms with Crippen LogP contribution in [0.4, 0.5) is 4.39 Å². The van der Waals surface area contributed by atoms with E-state index in [0.717, 1.165) is 0 Å². The number of carbonyl (C=O) groups is 2. The highest BCUT2D eigenvalue weighted by Gasteiger charge is 2.07. The van der Waals surface area contributed by atoms with Crippen molar-refractivity contribution < 1.29 is 19.1 Å². The number of carboxylic acids is 1. The Balaban J connectivity index is 2.23. The third-order valence-corrected chi connectivity index (χ3v) is 2.73. The molecule has 0 atom stereocenters. The number of rotatable bonds is 4. The number of carboxylic acid groups (broad SMARTS) is 1. The van der Waals surface area contributed by atoms with Crippen LogP contribution in [0.1, 0.15) is 26.3 Å². The molecule has 2 aromatic rings. The van der Waals surface area contributed by atoms with Crippen LogP contribution in [0.2, 0.25) is 0 Å². The van der Waals surface area contributed by atoms with Gasteiger partial charge in [0.05, 0.1) is 5.56 Å². The van der Waals surface area contributed by atoms with Gasteiger partial charge in [0.1, 0.15) is 5.82 Å². The summed E-state index contributed by atoms with van der Waals surface area (Å²) in [6.45, 7) is 0. The lowest BCUT2D eigenvalue weighted by molar-refractivity contribution is 0.0696. The van der Waals surface area contributed by atoms with Crippen LogP contribution in [0.5, 0.6) is 0 Å². The van der Waals surface area contributed by atoms with E-state index >= 15 is 0 Å². The van der Waals surface area contributed by atoms with E-state index in [1.54, 1.807) is 18.2 Å². The predicted molar refractivity (Wildman–Crippen MR) is 73.2 cm³/mol. The third kappa shape index (κ3) is 3.17. The second-order valence-corrected chi connectivity index (χ2v) is 4.10. The first-order valence-corrected chi connectivity index (χ1v) is 5.88. The minimum atomic E-state index is -1.06. The average molecular weight is 270 g/mol. The van der Waals surface area contributed by atoms with Gasteiger partial charge in [0.2, 0.25) is 0 Å². The summed E-state index contributed by atoms with van der Waals surface area (Å²) in [5.74, 6) is -1.79. The van der Waals surface area contributed by atoms with Crippen molar-refractivity contribution in [1.29, 1.82) is 0 Å². The van der Waals surface area contributed by atoms with Gasteiger partial charge < -0.3 is 5.11 Å². The summed E-state index contributed by atoms with van der Waals surface area (Å²) in [6, 6.07) is 11.5. The lowest BCUT2D eigenvalue weighted by Gasteiger charge is -2.00. The molecule has 4 heteroatoms. The van der Waals surface area contributed by atoms with E-state index in [-0.39, 0.29) is 11.3 Å². The van der Waals surface area contributed by atoms with Crippen LogP contribution >= 0.6 is 0 Å². The molecular weight excluding hydrogens is 259 g/mol. The van der Waals surface area contributed by atoms with E-state index in [1.165, 1.54) is 42.5 Å². The highest BCUT2D eigenvalue weighted by Crippen LogP contribution is 2.12. The van der Waals surface area contributed by atoms with Crippen LogP contribution in [-0.2, 0) is 0 Å². The van der Waals surface area contributed by atoms with Gasteiger partial charge in [-0.3, -0.25) is 4.79 Å². The van der Waals surface area contributed by atoms with E-state index < -0.39 is 11.8 Å². The van der Waals surface area contributed by atoms with Crippen molar-refractivity contribution in [2.75, 3.05) is 0 Å². The topological polar surface area (TPSA) is 54.4 Å². The van der Waals surface area contributed by atoms with Crippen LogP contribution in [0, 0.1) is 5.82 Å². The Morgan fingerprint density at radius 3 is 2.30 bits per heavy atom. The molecular formula is C16H11FO3. The fourth-order valence-corrected chi connectivity index (χ4v) is 1.71. The van der Waals surface area contributed by atoms with Gasteiger partial charge in [-0.05, 0) is 42.0 Å². The Kier molecular flexibility index (Phi) is 4.05. The Morgan fingerprint density at radius 2 is 1.65 bits per heavy atom. The molecule has 0 saturated heterocycles. The number of ketones is 1. The number of allylic oxidation sites excluding steroid dienone is 1. The van der Waals surface area contributed by atoms with E-state index in [9.17, 15) is 14.0 Å². The Bertz CT molecular complexity index is 672. The van der Waals surface area contributed by atoms with E-state index in [1.807, 2.05) is 0 Å². The van der Waals surface area contributed by atoms with Crippen LogP contribution in [-0.4, -0.2) is 16.9 Å². The normalized spacial score (nSPS) is 10.7. The van der Waals surface area contributed by atoms with Gasteiger partial charge in [-0.15, -0.1) is 0 Å². The minimum Gasteiger partial charge on any atom is -0.478 e. The smallest absolute Gasteiger partial charge is 0.336 e. The molecule has 0 amide bonds. The number of hydrogen-bond donors (Lipinski definition) is 1. The molecule has 0 aliphatic heterocycles. The number of halogens is 1. The molecule has 0 aromatic heterocycles. The van der Waals surface area contributed by atoms with Gasteiger partial charge in [0.15, 0.2) is 5.78 Å². The molecule has 0 aliphatic rings. The first-order chi connectivity index (χ1) is 9.58. The van der Waals surface area contributed by atoms with Gasteiger partial charge in [0, 0.05) is 5.56 Å². The fourth-order valence-electron chi connectivity index (χ4n) is 1.71. The molecule has 2 aromatic carbocycles. The summed E-state index contributed by atoms with van der Waals surface area (Å²) in [6.07, 6.45) is 2.71. The summed E-state index contributed by atoms with van der Waals surface area (Å²) in [7, 11) is 0. The first kappa shape index (κ1) is 13.7. The zero-order valence-electron chi connectivity index (χ0n) is 10.4. The molecule has 2 rings (SSSR count). The number of benzene rings is 2. The lowest BCUT2D eigenvalue weighted by Crippen LogP contribution is -1.99. The monoisotopic (exact) mass is 270 g/mol. The Hall–Kier alpha value is -2.75. The summed E-state index contributed by atoms with van der Waals surface area (Å²) in [4.78, 5) is 22.9. The molecule has 1 N–H and O–H groups in total. The van der Waals surface area contributed by atoms with Gasteiger partial charge in [0.25, 0.3) is 0 Å². The molecule has 0 radical (unpaired) electrons. The predicted octanol–water partition coefficient (Wildman–Crippen LogP) is 3.42. The van der Waals surface area contributed by atoms with Crippen molar-refractivity contribution in [1.82, 2.24) is 0 Å². The Labute approximate surface area is 115 Å². The molecule has 0 bridgehead atoms.